The lowest BCUT2D eigenvalue weighted by atomic mass is 9.97. The number of H-pyrrole nitrogens is 1. The summed E-state index contributed by atoms with van der Waals surface area (Å²) in [6.07, 6.45) is 10.3. The third-order valence-electron chi connectivity index (χ3n) is 4.23. The summed E-state index contributed by atoms with van der Waals surface area (Å²) in [4.78, 5) is 15.1. The average molecular weight is 300 g/mol. The Morgan fingerprint density at radius 3 is 3.05 bits per heavy atom. The third-order valence-corrected chi connectivity index (χ3v) is 4.23. The van der Waals surface area contributed by atoms with E-state index in [-0.39, 0.29) is 11.7 Å². The van der Waals surface area contributed by atoms with Crippen molar-refractivity contribution in [3.63, 3.8) is 0 Å². The molecule has 1 aromatic carbocycles. The summed E-state index contributed by atoms with van der Waals surface area (Å²) in [5.41, 5.74) is 3.11. The Hall–Kier alpha value is -2.10. The van der Waals surface area contributed by atoms with Crippen molar-refractivity contribution in [2.45, 2.75) is 38.5 Å². The van der Waals surface area contributed by atoms with E-state index in [1.54, 1.807) is 12.3 Å². The van der Waals surface area contributed by atoms with E-state index in [2.05, 4.69) is 16.4 Å². The van der Waals surface area contributed by atoms with E-state index < -0.39 is 0 Å². The lowest BCUT2D eigenvalue weighted by Crippen LogP contribution is -2.26. The summed E-state index contributed by atoms with van der Waals surface area (Å²) in [7, 11) is 0. The van der Waals surface area contributed by atoms with E-state index in [1.807, 2.05) is 0 Å². The molecule has 2 N–H and O–H groups in total. The normalized spacial score (nSPS) is 14.9. The van der Waals surface area contributed by atoms with Gasteiger partial charge in [-0.2, -0.15) is 0 Å². The van der Waals surface area contributed by atoms with E-state index in [0.29, 0.717) is 13.0 Å². The highest BCUT2D eigenvalue weighted by Crippen LogP contribution is 2.20. The van der Waals surface area contributed by atoms with Gasteiger partial charge in [-0.3, -0.25) is 4.79 Å². The van der Waals surface area contributed by atoms with Crippen molar-refractivity contribution in [3.05, 3.63) is 47.4 Å². The van der Waals surface area contributed by atoms with Crippen molar-refractivity contribution in [2.75, 3.05) is 6.54 Å². The minimum Gasteiger partial charge on any atom is -0.361 e. The molecule has 0 saturated carbocycles. The zero-order chi connectivity index (χ0) is 15.4. The fourth-order valence-electron chi connectivity index (χ4n) is 3.03. The molecule has 0 bridgehead atoms. The van der Waals surface area contributed by atoms with E-state index in [0.717, 1.165) is 22.9 Å². The van der Waals surface area contributed by atoms with Gasteiger partial charge in [-0.25, -0.2) is 4.39 Å². The van der Waals surface area contributed by atoms with Crippen LogP contribution in [0.25, 0.3) is 10.9 Å². The molecule has 1 amide bonds. The van der Waals surface area contributed by atoms with E-state index in [9.17, 15) is 9.18 Å². The Balaban J connectivity index is 1.53. The first-order valence-electron chi connectivity index (χ1n) is 7.92. The summed E-state index contributed by atoms with van der Waals surface area (Å²) < 4.78 is 13.1. The lowest BCUT2D eigenvalue weighted by Gasteiger charge is -2.12. The number of halogens is 1. The maximum Gasteiger partial charge on any atom is 0.224 e. The van der Waals surface area contributed by atoms with E-state index in [4.69, 9.17) is 0 Å². The first-order valence-corrected chi connectivity index (χ1v) is 7.92. The van der Waals surface area contributed by atoms with Crippen LogP contribution in [0.2, 0.25) is 0 Å². The molecule has 1 aliphatic rings. The van der Waals surface area contributed by atoms with Crippen LogP contribution in [0.4, 0.5) is 4.39 Å². The van der Waals surface area contributed by atoms with E-state index in [1.165, 1.54) is 43.4 Å². The van der Waals surface area contributed by atoms with Crippen molar-refractivity contribution in [1.29, 1.82) is 0 Å². The van der Waals surface area contributed by atoms with Crippen LogP contribution in [-0.2, 0) is 11.2 Å². The molecule has 0 radical (unpaired) electrons. The van der Waals surface area contributed by atoms with Crippen LogP contribution in [0, 0.1) is 5.82 Å². The maximum absolute atomic E-state index is 13.1. The maximum atomic E-state index is 13.1. The monoisotopic (exact) mass is 300 g/mol. The standard InChI is InChI=1S/C18H21FN2O/c19-15-6-7-16-14(12-21-17(16)11-15)10-18(22)20-9-8-13-4-2-1-3-5-13/h4,6-7,11-12,21H,1-3,5,8-10H2,(H,20,22). The van der Waals surface area contributed by atoms with Gasteiger partial charge in [-0.1, -0.05) is 11.6 Å². The van der Waals surface area contributed by atoms with Crippen LogP contribution in [-0.4, -0.2) is 17.4 Å². The third kappa shape index (κ3) is 3.56. The number of benzene rings is 1. The van der Waals surface area contributed by atoms with Crippen molar-refractivity contribution < 1.29 is 9.18 Å². The first-order chi connectivity index (χ1) is 10.7. The predicted molar refractivity (Wildman–Crippen MR) is 86.1 cm³/mol. The van der Waals surface area contributed by atoms with Gasteiger partial charge in [0.1, 0.15) is 5.82 Å². The molecule has 0 saturated heterocycles. The van der Waals surface area contributed by atoms with Gasteiger partial charge in [0.2, 0.25) is 5.91 Å². The van der Waals surface area contributed by atoms with Crippen LogP contribution < -0.4 is 5.32 Å². The average Bonchev–Trinajstić information content (AvgIpc) is 2.90. The highest BCUT2D eigenvalue weighted by Gasteiger charge is 2.10. The molecule has 0 unspecified atom stereocenters. The van der Waals surface area contributed by atoms with Crippen molar-refractivity contribution in [3.8, 4) is 0 Å². The van der Waals surface area contributed by atoms with Gasteiger partial charge in [0, 0.05) is 23.6 Å². The molecule has 2 aromatic rings. The molecule has 116 valence electrons. The van der Waals surface area contributed by atoms with Crippen LogP contribution in [0.15, 0.2) is 36.0 Å². The number of aromatic amines is 1. The van der Waals surface area contributed by atoms with Gasteiger partial charge in [0.25, 0.3) is 0 Å². The fourth-order valence-corrected chi connectivity index (χ4v) is 3.03. The van der Waals surface area contributed by atoms with Crippen LogP contribution in [0.3, 0.4) is 0 Å². The summed E-state index contributed by atoms with van der Waals surface area (Å²) in [5.74, 6) is -0.257. The summed E-state index contributed by atoms with van der Waals surface area (Å²) in [6.45, 7) is 0.696. The lowest BCUT2D eigenvalue weighted by molar-refractivity contribution is -0.120. The number of carbonyl (C=O) groups excluding carboxylic acids is 1. The van der Waals surface area contributed by atoms with E-state index >= 15 is 0 Å². The van der Waals surface area contributed by atoms with Gasteiger partial charge in [-0.15, -0.1) is 0 Å². The second kappa shape index (κ2) is 6.77. The minimum absolute atomic E-state index is 0.0154. The van der Waals surface area contributed by atoms with Gasteiger partial charge in [0.05, 0.1) is 6.42 Å². The van der Waals surface area contributed by atoms with Crippen molar-refractivity contribution in [2.24, 2.45) is 0 Å². The number of carbonyl (C=O) groups is 1. The number of nitrogens with one attached hydrogen (secondary N) is 2. The fraction of sp³-hybridized carbons (Fsp3) is 0.389. The number of aromatic nitrogens is 1. The van der Waals surface area contributed by atoms with Gasteiger partial charge in [0.15, 0.2) is 0 Å². The summed E-state index contributed by atoms with van der Waals surface area (Å²) >= 11 is 0. The molecule has 3 nitrogen and oxygen atoms in total. The minimum atomic E-state index is -0.272. The molecule has 22 heavy (non-hydrogen) atoms. The largest absolute Gasteiger partial charge is 0.361 e. The number of allylic oxidation sites excluding steroid dienone is 1. The zero-order valence-corrected chi connectivity index (χ0v) is 12.6. The topological polar surface area (TPSA) is 44.9 Å². The molecule has 3 rings (SSSR count). The van der Waals surface area contributed by atoms with Gasteiger partial charge in [-0.05, 0) is 55.9 Å². The summed E-state index contributed by atoms with van der Waals surface area (Å²) in [6, 6.07) is 4.59. The van der Waals surface area contributed by atoms with Crippen LogP contribution >= 0.6 is 0 Å². The molecule has 4 heteroatoms. The Labute approximate surface area is 129 Å². The second-order valence-electron chi connectivity index (χ2n) is 5.89. The summed E-state index contributed by atoms with van der Waals surface area (Å²) in [5, 5.41) is 3.89. The molecule has 0 aliphatic heterocycles. The molecule has 1 heterocycles. The van der Waals surface area contributed by atoms with Crippen LogP contribution in [0.5, 0.6) is 0 Å². The SMILES string of the molecule is O=C(Cc1c[nH]c2cc(F)ccc12)NCCC1=CCCCC1. The number of hydrogen-bond acceptors (Lipinski definition) is 1. The molecule has 0 spiro atoms. The Morgan fingerprint density at radius 2 is 2.23 bits per heavy atom. The first kappa shape index (κ1) is 14.8. The number of hydrogen-bond donors (Lipinski definition) is 2. The number of fused-ring (bicyclic) bond motifs is 1. The number of amides is 1. The van der Waals surface area contributed by atoms with Gasteiger partial charge >= 0.3 is 0 Å². The van der Waals surface area contributed by atoms with Crippen LogP contribution in [0.1, 0.15) is 37.7 Å². The highest BCUT2D eigenvalue weighted by atomic mass is 19.1. The van der Waals surface area contributed by atoms with Crippen molar-refractivity contribution in [1.82, 2.24) is 10.3 Å². The molecule has 1 aliphatic carbocycles. The molecular formula is C18H21FN2O. The predicted octanol–water partition coefficient (Wildman–Crippen LogP) is 3.86. The molecule has 0 fully saturated rings. The molecular weight excluding hydrogens is 279 g/mol. The highest BCUT2D eigenvalue weighted by molar-refractivity contribution is 5.88. The Kier molecular flexibility index (Phi) is 4.56. The van der Waals surface area contributed by atoms with Gasteiger partial charge < -0.3 is 10.3 Å². The molecule has 0 atom stereocenters. The van der Waals surface area contributed by atoms with Crippen molar-refractivity contribution >= 4 is 16.8 Å². The number of rotatable bonds is 5. The molecule has 1 aromatic heterocycles. The smallest absolute Gasteiger partial charge is 0.224 e. The Morgan fingerprint density at radius 1 is 1.32 bits per heavy atom. The zero-order valence-electron chi connectivity index (χ0n) is 12.6. The Bertz CT molecular complexity index is 702. The second-order valence-corrected chi connectivity index (χ2v) is 5.89. The quantitative estimate of drug-likeness (QED) is 0.809.